The fraction of sp³-hybridized carbons (Fsp3) is 0.214. The van der Waals surface area contributed by atoms with Crippen molar-refractivity contribution < 1.29 is 32.2 Å². The molecule has 0 spiro atoms. The molecule has 2 N–H and O–H groups in total. The minimum Gasteiger partial charge on any atom is -0.486 e. The average molecular weight is 339 g/mol. The fourth-order valence-corrected chi connectivity index (χ4v) is 3.24. The van der Waals surface area contributed by atoms with Gasteiger partial charge in [0, 0.05) is 0 Å². The van der Waals surface area contributed by atoms with Crippen LogP contribution in [0.5, 0.6) is 11.5 Å². The summed E-state index contributed by atoms with van der Waals surface area (Å²) in [7, 11) is -3.87. The van der Waals surface area contributed by atoms with E-state index in [1.54, 1.807) is 12.1 Å². The van der Waals surface area contributed by atoms with Crippen LogP contribution in [-0.4, -0.2) is 32.7 Å². The third-order valence-corrected chi connectivity index (χ3v) is 4.55. The lowest BCUT2D eigenvalue weighted by Gasteiger charge is -2.20. The summed E-state index contributed by atoms with van der Waals surface area (Å²) in [4.78, 5) is 10.7. The number of rotatable bonds is 5. The maximum absolute atomic E-state index is 12.4. The number of sulfonamides is 1. The third-order valence-electron chi connectivity index (χ3n) is 3.13. The quantitative estimate of drug-likeness (QED) is 0.841. The number of hydrogen-bond donors (Lipinski definition) is 2. The Morgan fingerprint density at radius 3 is 2.70 bits per heavy atom. The van der Waals surface area contributed by atoms with Crippen molar-refractivity contribution in [3.05, 3.63) is 41.9 Å². The normalized spacial score (nSPS) is 13.7. The molecule has 9 heteroatoms. The first-order chi connectivity index (χ1) is 11.0. The van der Waals surface area contributed by atoms with Crippen LogP contribution >= 0.6 is 0 Å². The summed E-state index contributed by atoms with van der Waals surface area (Å²) in [5.74, 6) is -0.759. The van der Waals surface area contributed by atoms with Crippen molar-refractivity contribution in [3.63, 3.8) is 0 Å². The van der Waals surface area contributed by atoms with E-state index in [4.69, 9.17) is 19.0 Å². The van der Waals surface area contributed by atoms with Gasteiger partial charge in [0.25, 0.3) is 0 Å². The average Bonchev–Trinajstić information content (AvgIpc) is 3.02. The molecule has 0 amide bonds. The molecule has 1 aromatic carbocycles. The summed E-state index contributed by atoms with van der Waals surface area (Å²) in [5.41, 5.74) is 0. The first-order valence-electron chi connectivity index (χ1n) is 6.67. The van der Waals surface area contributed by atoms with Crippen LogP contribution in [0.25, 0.3) is 0 Å². The Kier molecular flexibility index (Phi) is 3.97. The second-order valence-electron chi connectivity index (χ2n) is 4.68. The Bertz CT molecular complexity index is 841. The van der Waals surface area contributed by atoms with Gasteiger partial charge in [0.2, 0.25) is 15.8 Å². The smallest absolute Gasteiger partial charge is 0.371 e. The third kappa shape index (κ3) is 3.15. The van der Waals surface area contributed by atoms with Gasteiger partial charge in [-0.3, -0.25) is 0 Å². The van der Waals surface area contributed by atoms with E-state index in [1.165, 1.54) is 18.2 Å². The number of fused-ring (bicyclic) bond motifs is 1. The monoisotopic (exact) mass is 339 g/mol. The van der Waals surface area contributed by atoms with Crippen molar-refractivity contribution in [2.45, 2.75) is 11.4 Å². The van der Waals surface area contributed by atoms with Crippen molar-refractivity contribution in [1.29, 1.82) is 0 Å². The number of carbonyl (C=O) groups is 1. The molecule has 0 aliphatic carbocycles. The van der Waals surface area contributed by atoms with E-state index in [-0.39, 0.29) is 35.3 Å². The minimum absolute atomic E-state index is 0.0419. The zero-order valence-electron chi connectivity index (χ0n) is 11.8. The number of aromatic carboxylic acids is 1. The lowest BCUT2D eigenvalue weighted by Crippen LogP contribution is -2.25. The van der Waals surface area contributed by atoms with Crippen LogP contribution in [0.15, 0.2) is 39.6 Å². The summed E-state index contributed by atoms with van der Waals surface area (Å²) in [5, 5.41) is 8.77. The van der Waals surface area contributed by atoms with Crippen LogP contribution in [0.2, 0.25) is 0 Å². The standard InChI is InChI=1S/C14H13NO7S/c16-14(17)11-5-4-9(22-11)8-15-23(18,19)12-3-1-2-10-13(12)21-7-6-20-10/h1-5,15H,6-8H2,(H,16,17). The van der Waals surface area contributed by atoms with Gasteiger partial charge in [0.05, 0.1) is 6.54 Å². The van der Waals surface area contributed by atoms with E-state index >= 15 is 0 Å². The molecule has 3 rings (SSSR count). The zero-order chi connectivity index (χ0) is 16.4. The summed E-state index contributed by atoms with van der Waals surface area (Å²) >= 11 is 0. The molecule has 122 valence electrons. The van der Waals surface area contributed by atoms with Gasteiger partial charge in [-0.25, -0.2) is 17.9 Å². The van der Waals surface area contributed by atoms with E-state index in [9.17, 15) is 13.2 Å². The number of carboxylic acid groups (broad SMARTS) is 1. The summed E-state index contributed by atoms with van der Waals surface area (Å²) in [6.07, 6.45) is 0. The highest BCUT2D eigenvalue weighted by molar-refractivity contribution is 7.89. The Balaban J connectivity index is 1.80. The molecular weight excluding hydrogens is 326 g/mol. The van der Waals surface area contributed by atoms with E-state index in [1.807, 2.05) is 0 Å². The molecule has 0 saturated carbocycles. The molecule has 0 bridgehead atoms. The molecule has 0 radical (unpaired) electrons. The van der Waals surface area contributed by atoms with Gasteiger partial charge in [0.15, 0.2) is 11.5 Å². The number of furan rings is 1. The maximum atomic E-state index is 12.4. The molecule has 0 saturated heterocycles. The predicted octanol–water partition coefficient (Wildman–Crippen LogP) is 1.23. The lowest BCUT2D eigenvalue weighted by atomic mass is 10.3. The van der Waals surface area contributed by atoms with Crippen LogP contribution in [0, 0.1) is 0 Å². The highest BCUT2D eigenvalue weighted by Gasteiger charge is 2.25. The summed E-state index contributed by atoms with van der Waals surface area (Å²) in [6.45, 7) is 0.439. The van der Waals surface area contributed by atoms with Gasteiger partial charge in [0.1, 0.15) is 23.9 Å². The van der Waals surface area contributed by atoms with Crippen LogP contribution in [-0.2, 0) is 16.6 Å². The molecular formula is C14H13NO7S. The van der Waals surface area contributed by atoms with Gasteiger partial charge in [-0.1, -0.05) is 6.07 Å². The summed E-state index contributed by atoms with van der Waals surface area (Å²) in [6, 6.07) is 7.23. The molecule has 0 atom stereocenters. The largest absolute Gasteiger partial charge is 0.486 e. The van der Waals surface area contributed by atoms with Crippen molar-refractivity contribution >= 4 is 16.0 Å². The van der Waals surface area contributed by atoms with Gasteiger partial charge in [-0.05, 0) is 24.3 Å². The molecule has 0 fully saturated rings. The molecule has 2 aromatic rings. The van der Waals surface area contributed by atoms with E-state index in [2.05, 4.69) is 4.72 Å². The number of ether oxygens (including phenoxy) is 2. The second kappa shape index (κ2) is 5.94. The minimum atomic E-state index is -3.87. The van der Waals surface area contributed by atoms with Crippen molar-refractivity contribution in [1.82, 2.24) is 4.72 Å². The topological polar surface area (TPSA) is 115 Å². The molecule has 1 aliphatic rings. The number of para-hydroxylation sites is 1. The van der Waals surface area contributed by atoms with Gasteiger partial charge < -0.3 is 19.0 Å². The SMILES string of the molecule is O=C(O)c1ccc(CNS(=O)(=O)c2cccc3c2OCCO3)o1. The van der Waals surface area contributed by atoms with E-state index in [0.717, 1.165) is 0 Å². The first kappa shape index (κ1) is 15.4. The van der Waals surface area contributed by atoms with Crippen LogP contribution in [0.4, 0.5) is 0 Å². The Morgan fingerprint density at radius 2 is 1.96 bits per heavy atom. The number of nitrogens with one attached hydrogen (secondary N) is 1. The highest BCUT2D eigenvalue weighted by Crippen LogP contribution is 2.36. The first-order valence-corrected chi connectivity index (χ1v) is 8.16. The highest BCUT2D eigenvalue weighted by atomic mass is 32.2. The molecule has 2 heterocycles. The Morgan fingerprint density at radius 1 is 1.17 bits per heavy atom. The van der Waals surface area contributed by atoms with Crippen LogP contribution in [0.1, 0.15) is 16.3 Å². The van der Waals surface area contributed by atoms with Gasteiger partial charge in [-0.2, -0.15) is 0 Å². The Hall–Kier alpha value is -2.52. The van der Waals surface area contributed by atoms with Gasteiger partial charge >= 0.3 is 5.97 Å². The number of hydrogen-bond acceptors (Lipinski definition) is 6. The zero-order valence-corrected chi connectivity index (χ0v) is 12.6. The molecule has 8 nitrogen and oxygen atoms in total. The van der Waals surface area contributed by atoms with Gasteiger partial charge in [-0.15, -0.1) is 0 Å². The predicted molar refractivity (Wildman–Crippen MR) is 77.1 cm³/mol. The lowest BCUT2D eigenvalue weighted by molar-refractivity contribution is 0.0660. The van der Waals surface area contributed by atoms with Crippen LogP contribution in [0.3, 0.4) is 0 Å². The number of benzene rings is 1. The van der Waals surface area contributed by atoms with Crippen molar-refractivity contribution in [2.75, 3.05) is 13.2 Å². The van der Waals surface area contributed by atoms with E-state index < -0.39 is 16.0 Å². The van der Waals surface area contributed by atoms with Crippen molar-refractivity contribution in [3.8, 4) is 11.5 Å². The molecule has 1 aromatic heterocycles. The van der Waals surface area contributed by atoms with Crippen molar-refractivity contribution in [2.24, 2.45) is 0 Å². The molecule has 23 heavy (non-hydrogen) atoms. The fourth-order valence-electron chi connectivity index (χ4n) is 2.09. The Labute approximate surface area is 131 Å². The molecule has 0 unspecified atom stereocenters. The second-order valence-corrected chi connectivity index (χ2v) is 6.41. The maximum Gasteiger partial charge on any atom is 0.371 e. The van der Waals surface area contributed by atoms with Crippen LogP contribution < -0.4 is 14.2 Å². The number of carboxylic acids is 1. The summed E-state index contributed by atoms with van der Waals surface area (Å²) < 4.78 is 42.9. The molecule has 1 aliphatic heterocycles. The van der Waals surface area contributed by atoms with E-state index in [0.29, 0.717) is 12.4 Å².